The molecule has 2 aromatic carbocycles. The highest BCUT2D eigenvalue weighted by atomic mass is 16.5. The van der Waals surface area contributed by atoms with Gasteiger partial charge in [-0.15, -0.1) is 0 Å². The lowest BCUT2D eigenvalue weighted by atomic mass is 10.1. The molecule has 3 nitrogen and oxygen atoms in total. The number of ether oxygens (including phenoxy) is 1. The lowest BCUT2D eigenvalue weighted by Gasteiger charge is -2.09. The first kappa shape index (κ1) is 14.1. The molecule has 0 bridgehead atoms. The van der Waals surface area contributed by atoms with E-state index in [1.165, 1.54) is 0 Å². The van der Waals surface area contributed by atoms with Crippen LogP contribution >= 0.6 is 0 Å². The molecule has 3 N–H and O–H groups in total. The van der Waals surface area contributed by atoms with Gasteiger partial charge in [-0.25, -0.2) is 0 Å². The summed E-state index contributed by atoms with van der Waals surface area (Å²) < 4.78 is 5.72. The molecule has 0 aliphatic carbocycles. The molecule has 0 fully saturated rings. The Balaban J connectivity index is 2.00. The molecule has 0 atom stereocenters. The predicted octanol–water partition coefficient (Wildman–Crippen LogP) is 2.07. The van der Waals surface area contributed by atoms with Crippen LogP contribution in [0.5, 0.6) is 5.75 Å². The van der Waals surface area contributed by atoms with Gasteiger partial charge >= 0.3 is 0 Å². The second-order valence-electron chi connectivity index (χ2n) is 4.26. The molecule has 0 aromatic heterocycles. The lowest BCUT2D eigenvalue weighted by Crippen LogP contribution is -1.98. The maximum absolute atomic E-state index is 9.23. The van der Waals surface area contributed by atoms with Crippen molar-refractivity contribution < 1.29 is 9.84 Å². The average molecular weight is 267 g/mol. The van der Waals surface area contributed by atoms with Gasteiger partial charge in [0.1, 0.15) is 12.4 Å². The van der Waals surface area contributed by atoms with Crippen molar-refractivity contribution in [1.29, 1.82) is 0 Å². The van der Waals surface area contributed by atoms with Crippen LogP contribution in [0.3, 0.4) is 0 Å². The monoisotopic (exact) mass is 267 g/mol. The van der Waals surface area contributed by atoms with E-state index in [9.17, 15) is 5.11 Å². The van der Waals surface area contributed by atoms with E-state index in [-0.39, 0.29) is 6.61 Å². The van der Waals surface area contributed by atoms with Crippen molar-refractivity contribution in [2.24, 2.45) is 5.73 Å². The SMILES string of the molecule is NCC#Cc1ccc(COc2ccccc2CO)cc1. The Morgan fingerprint density at radius 3 is 2.50 bits per heavy atom. The molecule has 0 unspecified atom stereocenters. The van der Waals surface area contributed by atoms with Gasteiger partial charge in [-0.3, -0.25) is 0 Å². The lowest BCUT2D eigenvalue weighted by molar-refractivity contribution is 0.259. The Morgan fingerprint density at radius 2 is 1.80 bits per heavy atom. The maximum atomic E-state index is 9.23. The molecular weight excluding hydrogens is 250 g/mol. The van der Waals surface area contributed by atoms with E-state index in [1.807, 2.05) is 48.5 Å². The molecule has 0 aliphatic heterocycles. The standard InChI is InChI=1S/C17H17NO2/c18-11-3-4-14-7-9-15(10-8-14)13-20-17-6-2-1-5-16(17)12-19/h1-2,5-10,19H,11-13,18H2. The highest BCUT2D eigenvalue weighted by Gasteiger charge is 2.01. The quantitative estimate of drug-likeness (QED) is 0.834. The van der Waals surface area contributed by atoms with Gasteiger partial charge in [-0.05, 0) is 23.8 Å². The minimum atomic E-state index is -0.0240. The first-order valence-corrected chi connectivity index (χ1v) is 6.43. The van der Waals surface area contributed by atoms with Crippen LogP contribution in [0.15, 0.2) is 48.5 Å². The zero-order valence-corrected chi connectivity index (χ0v) is 11.2. The van der Waals surface area contributed by atoms with Crippen molar-refractivity contribution in [2.45, 2.75) is 13.2 Å². The fourth-order valence-corrected chi connectivity index (χ4v) is 1.77. The number of nitrogens with two attached hydrogens (primary N) is 1. The predicted molar refractivity (Wildman–Crippen MR) is 79.1 cm³/mol. The highest BCUT2D eigenvalue weighted by Crippen LogP contribution is 2.19. The van der Waals surface area contributed by atoms with Gasteiger partial charge < -0.3 is 15.6 Å². The first-order chi connectivity index (χ1) is 9.83. The summed E-state index contributed by atoms with van der Waals surface area (Å²) in [6.45, 7) is 0.800. The molecule has 0 radical (unpaired) electrons. The van der Waals surface area contributed by atoms with Crippen molar-refractivity contribution >= 4 is 0 Å². The van der Waals surface area contributed by atoms with Crippen molar-refractivity contribution in [1.82, 2.24) is 0 Å². The maximum Gasteiger partial charge on any atom is 0.125 e. The minimum Gasteiger partial charge on any atom is -0.489 e. The topological polar surface area (TPSA) is 55.5 Å². The first-order valence-electron chi connectivity index (χ1n) is 6.43. The van der Waals surface area contributed by atoms with E-state index in [4.69, 9.17) is 10.5 Å². The van der Waals surface area contributed by atoms with E-state index in [0.717, 1.165) is 16.7 Å². The molecule has 3 heteroatoms. The Kier molecular flexibility index (Phi) is 5.19. The van der Waals surface area contributed by atoms with Crippen LogP contribution in [0.2, 0.25) is 0 Å². The Hall–Kier alpha value is -2.28. The third-order valence-corrected chi connectivity index (χ3v) is 2.83. The van der Waals surface area contributed by atoms with Crippen molar-refractivity contribution in [3.63, 3.8) is 0 Å². The normalized spacial score (nSPS) is 9.70. The number of para-hydroxylation sites is 1. The number of hydrogen-bond acceptors (Lipinski definition) is 3. The summed E-state index contributed by atoms with van der Waals surface area (Å²) >= 11 is 0. The third-order valence-electron chi connectivity index (χ3n) is 2.83. The smallest absolute Gasteiger partial charge is 0.125 e. The highest BCUT2D eigenvalue weighted by molar-refractivity contribution is 5.37. The van der Waals surface area contributed by atoms with Crippen LogP contribution in [-0.2, 0) is 13.2 Å². The van der Waals surface area contributed by atoms with Gasteiger partial charge in [-0.1, -0.05) is 42.2 Å². The van der Waals surface area contributed by atoms with Crippen LogP contribution in [0, 0.1) is 11.8 Å². The van der Waals surface area contributed by atoms with E-state index in [0.29, 0.717) is 18.9 Å². The largest absolute Gasteiger partial charge is 0.489 e. The fourth-order valence-electron chi connectivity index (χ4n) is 1.77. The van der Waals surface area contributed by atoms with E-state index in [2.05, 4.69) is 11.8 Å². The third kappa shape index (κ3) is 3.86. The Labute approximate surface area is 119 Å². The number of rotatable bonds is 4. The summed E-state index contributed by atoms with van der Waals surface area (Å²) in [6, 6.07) is 15.3. The van der Waals surface area contributed by atoms with Gasteiger partial charge in [0, 0.05) is 11.1 Å². The molecule has 0 heterocycles. The van der Waals surface area contributed by atoms with Crippen LogP contribution in [0.25, 0.3) is 0 Å². The van der Waals surface area contributed by atoms with Crippen LogP contribution in [-0.4, -0.2) is 11.7 Å². The van der Waals surface area contributed by atoms with Crippen molar-refractivity contribution in [2.75, 3.05) is 6.54 Å². The Morgan fingerprint density at radius 1 is 1.05 bits per heavy atom. The average Bonchev–Trinajstić information content (AvgIpc) is 2.52. The fraction of sp³-hybridized carbons (Fsp3) is 0.176. The second kappa shape index (κ2) is 7.34. The molecule has 2 aromatic rings. The van der Waals surface area contributed by atoms with E-state index >= 15 is 0 Å². The molecule has 102 valence electrons. The summed E-state index contributed by atoms with van der Waals surface area (Å²) in [7, 11) is 0. The van der Waals surface area contributed by atoms with Crippen molar-refractivity contribution in [3.05, 3.63) is 65.2 Å². The van der Waals surface area contributed by atoms with Crippen LogP contribution < -0.4 is 10.5 Å². The summed E-state index contributed by atoms with van der Waals surface area (Å²) in [4.78, 5) is 0. The van der Waals surface area contributed by atoms with E-state index in [1.54, 1.807) is 0 Å². The van der Waals surface area contributed by atoms with Crippen LogP contribution in [0.1, 0.15) is 16.7 Å². The Bertz CT molecular complexity index is 609. The summed E-state index contributed by atoms with van der Waals surface area (Å²) in [5.74, 6) is 6.50. The summed E-state index contributed by atoms with van der Waals surface area (Å²) in [6.07, 6.45) is 0. The van der Waals surface area contributed by atoms with Crippen molar-refractivity contribution in [3.8, 4) is 17.6 Å². The molecule has 0 aliphatic rings. The number of benzene rings is 2. The minimum absolute atomic E-state index is 0.0240. The molecule has 0 spiro atoms. The van der Waals surface area contributed by atoms with Crippen LogP contribution in [0.4, 0.5) is 0 Å². The molecular formula is C17H17NO2. The van der Waals surface area contributed by atoms with Gasteiger partial charge in [0.2, 0.25) is 0 Å². The number of hydrogen-bond donors (Lipinski definition) is 2. The summed E-state index contributed by atoms with van der Waals surface area (Å²) in [5.41, 5.74) is 8.11. The van der Waals surface area contributed by atoms with Gasteiger partial charge in [0.05, 0.1) is 13.2 Å². The number of aliphatic hydroxyl groups excluding tert-OH is 1. The van der Waals surface area contributed by atoms with Gasteiger partial charge in [-0.2, -0.15) is 0 Å². The van der Waals surface area contributed by atoms with Gasteiger partial charge in [0.25, 0.3) is 0 Å². The number of aliphatic hydroxyl groups is 1. The van der Waals surface area contributed by atoms with Gasteiger partial charge in [0.15, 0.2) is 0 Å². The second-order valence-corrected chi connectivity index (χ2v) is 4.26. The zero-order valence-electron chi connectivity index (χ0n) is 11.2. The molecule has 20 heavy (non-hydrogen) atoms. The summed E-state index contributed by atoms with van der Waals surface area (Å²) in [5, 5.41) is 9.23. The molecule has 0 saturated heterocycles. The molecule has 0 saturated carbocycles. The molecule has 0 amide bonds. The zero-order chi connectivity index (χ0) is 14.2. The van der Waals surface area contributed by atoms with E-state index < -0.39 is 0 Å². The molecule has 2 rings (SSSR count).